The minimum absolute atomic E-state index is 0.258. The van der Waals surface area contributed by atoms with Gasteiger partial charge in [0.2, 0.25) is 0 Å². The van der Waals surface area contributed by atoms with E-state index >= 15 is 0 Å². The van der Waals surface area contributed by atoms with E-state index in [0.29, 0.717) is 22.8 Å². The van der Waals surface area contributed by atoms with E-state index in [4.69, 9.17) is 16.6 Å². The summed E-state index contributed by atoms with van der Waals surface area (Å²) in [5, 5.41) is 8.50. The SMILES string of the molecule is Bc1cnn2c(NCc3cccc(NS(=O)(=O)c4ccccc4C)c3)cc(-c3ccccc3Cl)nc12. The molecule has 0 amide bonds. The summed E-state index contributed by atoms with van der Waals surface area (Å²) in [5.41, 5.74) is 5.32. The van der Waals surface area contributed by atoms with Gasteiger partial charge in [0, 0.05) is 35.1 Å². The maximum absolute atomic E-state index is 12.9. The Bertz CT molecular complexity index is 1690. The Morgan fingerprint density at radius 3 is 2.58 bits per heavy atom. The highest BCUT2D eigenvalue weighted by atomic mass is 35.5. The van der Waals surface area contributed by atoms with Crippen molar-refractivity contribution in [2.45, 2.75) is 18.4 Å². The van der Waals surface area contributed by atoms with Crippen LogP contribution in [0.25, 0.3) is 16.9 Å². The quantitative estimate of drug-likeness (QED) is 0.320. The van der Waals surface area contributed by atoms with Gasteiger partial charge in [-0.15, -0.1) is 0 Å². The smallest absolute Gasteiger partial charge is 0.262 e. The first-order valence-electron chi connectivity index (χ1n) is 11.3. The minimum Gasteiger partial charge on any atom is -0.366 e. The highest BCUT2D eigenvalue weighted by Gasteiger charge is 2.17. The van der Waals surface area contributed by atoms with Crippen molar-refractivity contribution in [3.8, 4) is 11.3 Å². The molecule has 36 heavy (non-hydrogen) atoms. The number of rotatable bonds is 7. The second-order valence-electron chi connectivity index (χ2n) is 8.49. The standard InChI is InChI=1S/C26H23BClN5O2S/c1-17-7-2-5-12-24(17)36(34,35)32-19-9-6-8-18(13-19)15-29-25-14-23(20-10-3-4-11-22(20)28)31-26-21(27)16-30-33(25)26/h2-14,16,29,32H,15,27H2,1H3. The first-order chi connectivity index (χ1) is 17.3. The van der Waals surface area contributed by atoms with Crippen LogP contribution in [0.2, 0.25) is 5.02 Å². The first-order valence-corrected chi connectivity index (χ1v) is 13.2. The second kappa shape index (κ2) is 9.68. The lowest BCUT2D eigenvalue weighted by Crippen LogP contribution is -2.14. The fraction of sp³-hybridized carbons (Fsp3) is 0.0769. The summed E-state index contributed by atoms with van der Waals surface area (Å²) in [6.45, 7) is 2.22. The van der Waals surface area contributed by atoms with Gasteiger partial charge in [-0.1, -0.05) is 60.1 Å². The number of hydrogen-bond donors (Lipinski definition) is 2. The predicted molar refractivity (Wildman–Crippen MR) is 147 cm³/mol. The molecule has 0 aliphatic heterocycles. The molecule has 180 valence electrons. The Labute approximate surface area is 215 Å². The molecule has 0 spiro atoms. The molecule has 7 nitrogen and oxygen atoms in total. The van der Waals surface area contributed by atoms with Crippen molar-refractivity contribution < 1.29 is 8.42 Å². The van der Waals surface area contributed by atoms with Crippen LogP contribution in [0, 0.1) is 6.92 Å². The maximum Gasteiger partial charge on any atom is 0.262 e. The maximum atomic E-state index is 12.9. The Balaban J connectivity index is 1.42. The van der Waals surface area contributed by atoms with Crippen LogP contribution >= 0.6 is 11.6 Å². The first kappa shape index (κ1) is 23.9. The largest absolute Gasteiger partial charge is 0.366 e. The third kappa shape index (κ3) is 4.80. The molecule has 2 heterocycles. The summed E-state index contributed by atoms with van der Waals surface area (Å²) in [6.07, 6.45) is 1.77. The topological polar surface area (TPSA) is 88.4 Å². The van der Waals surface area contributed by atoms with Crippen molar-refractivity contribution in [1.29, 1.82) is 0 Å². The van der Waals surface area contributed by atoms with Gasteiger partial charge in [-0.3, -0.25) is 4.72 Å². The van der Waals surface area contributed by atoms with Gasteiger partial charge < -0.3 is 5.32 Å². The van der Waals surface area contributed by atoms with E-state index in [1.807, 2.05) is 62.4 Å². The molecule has 0 aliphatic rings. The van der Waals surface area contributed by atoms with Crippen LogP contribution in [0.5, 0.6) is 0 Å². The Hall–Kier alpha value is -3.82. The van der Waals surface area contributed by atoms with Crippen LogP contribution in [0.1, 0.15) is 11.1 Å². The number of sulfonamides is 1. The van der Waals surface area contributed by atoms with Crippen LogP contribution in [-0.4, -0.2) is 30.9 Å². The average Bonchev–Trinajstić information content (AvgIpc) is 3.23. The molecule has 3 aromatic carbocycles. The molecule has 5 aromatic rings. The number of fused-ring (bicyclic) bond motifs is 1. The molecular formula is C26H23BClN5O2S. The predicted octanol–water partition coefficient (Wildman–Crippen LogP) is 4.03. The Morgan fingerprint density at radius 1 is 1.00 bits per heavy atom. The lowest BCUT2D eigenvalue weighted by Gasteiger charge is -2.13. The van der Waals surface area contributed by atoms with E-state index in [1.54, 1.807) is 41.9 Å². The monoisotopic (exact) mass is 515 g/mol. The lowest BCUT2D eigenvalue weighted by atomic mass is 10.0. The van der Waals surface area contributed by atoms with Gasteiger partial charge in [0.15, 0.2) is 5.65 Å². The van der Waals surface area contributed by atoms with Crippen LogP contribution < -0.4 is 15.5 Å². The number of halogens is 1. The summed E-state index contributed by atoms with van der Waals surface area (Å²) in [7, 11) is -1.74. The zero-order valence-electron chi connectivity index (χ0n) is 19.7. The summed E-state index contributed by atoms with van der Waals surface area (Å²) < 4.78 is 30.2. The zero-order valence-corrected chi connectivity index (χ0v) is 21.3. The van der Waals surface area contributed by atoms with E-state index in [9.17, 15) is 8.42 Å². The number of aryl methyl sites for hydroxylation is 1. The third-order valence-electron chi connectivity index (χ3n) is 5.83. The van der Waals surface area contributed by atoms with Crippen LogP contribution in [-0.2, 0) is 16.6 Å². The van der Waals surface area contributed by atoms with Crippen LogP contribution in [0.15, 0.2) is 90.0 Å². The lowest BCUT2D eigenvalue weighted by molar-refractivity contribution is 0.600. The van der Waals surface area contributed by atoms with Crippen molar-refractivity contribution in [1.82, 2.24) is 14.6 Å². The molecule has 0 radical (unpaired) electrons. The molecule has 0 unspecified atom stereocenters. The second-order valence-corrected chi connectivity index (χ2v) is 10.6. The average molecular weight is 516 g/mol. The molecule has 10 heteroatoms. The number of hydrogen-bond acceptors (Lipinski definition) is 5. The van der Waals surface area contributed by atoms with Crippen molar-refractivity contribution in [2.75, 3.05) is 10.0 Å². The van der Waals surface area contributed by atoms with Gasteiger partial charge in [0.25, 0.3) is 10.0 Å². The third-order valence-corrected chi connectivity index (χ3v) is 7.71. The number of aromatic nitrogens is 3. The molecular weight excluding hydrogens is 493 g/mol. The molecule has 0 atom stereocenters. The molecule has 2 aromatic heterocycles. The van der Waals surface area contributed by atoms with Gasteiger partial charge in [-0.2, -0.15) is 9.61 Å². The van der Waals surface area contributed by atoms with Crippen LogP contribution in [0.4, 0.5) is 11.5 Å². The van der Waals surface area contributed by atoms with Crippen molar-refractivity contribution in [3.05, 3.63) is 101 Å². The van der Waals surface area contributed by atoms with Gasteiger partial charge in [0.1, 0.15) is 13.7 Å². The fourth-order valence-electron chi connectivity index (χ4n) is 4.01. The zero-order chi connectivity index (χ0) is 25.3. The van der Waals surface area contributed by atoms with E-state index in [2.05, 4.69) is 15.1 Å². The highest BCUT2D eigenvalue weighted by molar-refractivity contribution is 7.92. The molecule has 0 saturated carbocycles. The van der Waals surface area contributed by atoms with Gasteiger partial charge in [-0.25, -0.2) is 13.4 Å². The Morgan fingerprint density at radius 2 is 1.78 bits per heavy atom. The minimum atomic E-state index is -3.70. The van der Waals surface area contributed by atoms with Crippen molar-refractivity contribution in [3.63, 3.8) is 0 Å². The van der Waals surface area contributed by atoms with Gasteiger partial charge >= 0.3 is 0 Å². The summed E-state index contributed by atoms with van der Waals surface area (Å²) in [4.78, 5) is 5.03. The van der Waals surface area contributed by atoms with Gasteiger partial charge in [0.05, 0.1) is 10.6 Å². The molecule has 5 rings (SSSR count). The number of benzene rings is 3. The Kier molecular flexibility index (Phi) is 6.43. The molecule has 2 N–H and O–H groups in total. The van der Waals surface area contributed by atoms with Crippen molar-refractivity contribution in [2.24, 2.45) is 0 Å². The summed E-state index contributed by atoms with van der Waals surface area (Å²) >= 11 is 6.43. The summed E-state index contributed by atoms with van der Waals surface area (Å²) in [6, 6.07) is 23.7. The number of nitrogens with one attached hydrogen (secondary N) is 2. The van der Waals surface area contributed by atoms with E-state index in [1.165, 1.54) is 0 Å². The number of anilines is 2. The molecule has 0 fully saturated rings. The number of nitrogens with zero attached hydrogens (tertiary/aromatic N) is 3. The highest BCUT2D eigenvalue weighted by Crippen LogP contribution is 2.28. The molecule has 0 saturated heterocycles. The fourth-order valence-corrected chi connectivity index (χ4v) is 5.54. The summed E-state index contributed by atoms with van der Waals surface area (Å²) in [5.74, 6) is 0.744. The van der Waals surface area contributed by atoms with E-state index < -0.39 is 10.0 Å². The van der Waals surface area contributed by atoms with Gasteiger partial charge in [-0.05, 0) is 47.8 Å². The van der Waals surface area contributed by atoms with Crippen LogP contribution in [0.3, 0.4) is 0 Å². The molecule has 0 aliphatic carbocycles. The normalized spacial score (nSPS) is 11.5. The van der Waals surface area contributed by atoms with E-state index in [-0.39, 0.29) is 4.90 Å². The van der Waals surface area contributed by atoms with E-state index in [0.717, 1.165) is 33.7 Å². The molecule has 0 bridgehead atoms. The van der Waals surface area contributed by atoms with Crippen molar-refractivity contribution >= 4 is 52.1 Å².